The van der Waals surface area contributed by atoms with Crippen molar-refractivity contribution in [2.75, 3.05) is 20.1 Å². The Bertz CT molecular complexity index is 298. The van der Waals surface area contributed by atoms with Crippen LogP contribution in [0.15, 0.2) is 5.51 Å². The maximum Gasteiger partial charge on any atom is 0.0798 e. The van der Waals surface area contributed by atoms with Crippen LogP contribution in [0.3, 0.4) is 0 Å². The normalized spacial score (nSPS) is 13.3. The third-order valence-corrected chi connectivity index (χ3v) is 3.78. The monoisotopic (exact) mass is 241 g/mol. The van der Waals surface area contributed by atoms with Crippen molar-refractivity contribution in [1.82, 2.24) is 15.2 Å². The third-order valence-electron chi connectivity index (χ3n) is 2.86. The van der Waals surface area contributed by atoms with E-state index in [0.29, 0.717) is 6.04 Å². The number of thiazole rings is 1. The fourth-order valence-electron chi connectivity index (χ4n) is 1.45. The third kappa shape index (κ3) is 4.60. The highest BCUT2D eigenvalue weighted by Gasteiger charge is 2.05. The number of rotatable bonds is 7. The van der Waals surface area contributed by atoms with Gasteiger partial charge < -0.3 is 5.32 Å². The average Bonchev–Trinajstić information content (AvgIpc) is 2.64. The molecule has 0 aliphatic carbocycles. The number of aryl methyl sites for hydroxylation is 1. The number of hydrogen-bond donors (Lipinski definition) is 1. The molecule has 16 heavy (non-hydrogen) atoms. The van der Waals surface area contributed by atoms with E-state index in [9.17, 15) is 0 Å². The van der Waals surface area contributed by atoms with Crippen molar-refractivity contribution in [3.05, 3.63) is 16.1 Å². The van der Waals surface area contributed by atoms with Crippen molar-refractivity contribution in [3.63, 3.8) is 0 Å². The number of hydrogen-bond acceptors (Lipinski definition) is 4. The molecule has 0 aliphatic rings. The van der Waals surface area contributed by atoms with Crippen molar-refractivity contribution >= 4 is 11.3 Å². The topological polar surface area (TPSA) is 28.2 Å². The molecule has 0 amide bonds. The van der Waals surface area contributed by atoms with Crippen LogP contribution in [0.5, 0.6) is 0 Å². The molecule has 1 N–H and O–H groups in total. The van der Waals surface area contributed by atoms with Gasteiger partial charge in [0.1, 0.15) is 0 Å². The van der Waals surface area contributed by atoms with Gasteiger partial charge in [-0.15, -0.1) is 11.3 Å². The zero-order valence-electron chi connectivity index (χ0n) is 10.8. The molecular formula is C12H23N3S. The van der Waals surface area contributed by atoms with E-state index in [1.807, 2.05) is 5.51 Å². The van der Waals surface area contributed by atoms with Gasteiger partial charge in [-0.25, -0.2) is 4.98 Å². The summed E-state index contributed by atoms with van der Waals surface area (Å²) in [6.45, 7) is 9.68. The Labute approximate surface area is 103 Å². The van der Waals surface area contributed by atoms with E-state index < -0.39 is 0 Å². The van der Waals surface area contributed by atoms with E-state index in [0.717, 1.165) is 19.6 Å². The second-order valence-electron chi connectivity index (χ2n) is 4.36. The van der Waals surface area contributed by atoms with Crippen LogP contribution in [-0.2, 0) is 6.54 Å². The first kappa shape index (κ1) is 13.6. The summed E-state index contributed by atoms with van der Waals surface area (Å²) in [5.41, 5.74) is 3.10. The Morgan fingerprint density at radius 2 is 2.31 bits per heavy atom. The number of nitrogens with zero attached hydrogens (tertiary/aromatic N) is 2. The first-order valence-corrected chi connectivity index (χ1v) is 6.82. The summed E-state index contributed by atoms with van der Waals surface area (Å²) < 4.78 is 0. The predicted molar refractivity (Wildman–Crippen MR) is 70.9 cm³/mol. The molecule has 0 saturated heterocycles. The highest BCUT2D eigenvalue weighted by atomic mass is 32.1. The van der Waals surface area contributed by atoms with E-state index in [-0.39, 0.29) is 0 Å². The second kappa shape index (κ2) is 6.99. The van der Waals surface area contributed by atoms with Gasteiger partial charge in [0.25, 0.3) is 0 Å². The molecule has 1 unspecified atom stereocenters. The molecule has 0 fully saturated rings. The van der Waals surface area contributed by atoms with E-state index in [1.54, 1.807) is 11.3 Å². The van der Waals surface area contributed by atoms with Crippen molar-refractivity contribution in [3.8, 4) is 0 Å². The fourth-order valence-corrected chi connectivity index (χ4v) is 2.30. The fraction of sp³-hybridized carbons (Fsp3) is 0.750. The molecule has 0 saturated carbocycles. The predicted octanol–water partition coefficient (Wildman–Crippen LogP) is 2.27. The molecule has 1 aromatic heterocycles. The van der Waals surface area contributed by atoms with Crippen molar-refractivity contribution in [2.45, 2.75) is 39.8 Å². The Hall–Kier alpha value is -0.450. The summed E-state index contributed by atoms with van der Waals surface area (Å²) in [6, 6.07) is 0.624. The van der Waals surface area contributed by atoms with E-state index >= 15 is 0 Å². The van der Waals surface area contributed by atoms with Crippen LogP contribution in [0, 0.1) is 6.92 Å². The highest BCUT2D eigenvalue weighted by molar-refractivity contribution is 7.09. The largest absolute Gasteiger partial charge is 0.313 e. The standard InChI is InChI=1S/C12H23N3S/c1-5-10(2)13-6-7-15(4)8-12-11(3)14-9-16-12/h9-10,13H,5-8H2,1-4H3. The zero-order chi connectivity index (χ0) is 12.0. The van der Waals surface area contributed by atoms with Crippen LogP contribution < -0.4 is 5.32 Å². The molecule has 0 aromatic carbocycles. The van der Waals surface area contributed by atoms with Crippen LogP contribution in [-0.4, -0.2) is 36.1 Å². The summed E-state index contributed by atoms with van der Waals surface area (Å²) >= 11 is 1.75. The van der Waals surface area contributed by atoms with Gasteiger partial charge >= 0.3 is 0 Å². The van der Waals surface area contributed by atoms with Crippen molar-refractivity contribution in [2.24, 2.45) is 0 Å². The van der Waals surface area contributed by atoms with Gasteiger partial charge in [-0.1, -0.05) is 6.92 Å². The van der Waals surface area contributed by atoms with E-state index in [2.05, 4.69) is 43.0 Å². The van der Waals surface area contributed by atoms with Gasteiger partial charge in [-0.2, -0.15) is 0 Å². The molecular weight excluding hydrogens is 218 g/mol. The summed E-state index contributed by atoms with van der Waals surface area (Å²) in [6.07, 6.45) is 1.19. The molecule has 1 heterocycles. The highest BCUT2D eigenvalue weighted by Crippen LogP contribution is 2.13. The summed E-state index contributed by atoms with van der Waals surface area (Å²) in [4.78, 5) is 7.99. The smallest absolute Gasteiger partial charge is 0.0798 e. The van der Waals surface area contributed by atoms with Crippen molar-refractivity contribution in [1.29, 1.82) is 0 Å². The Morgan fingerprint density at radius 1 is 1.56 bits per heavy atom. The molecule has 0 radical (unpaired) electrons. The second-order valence-corrected chi connectivity index (χ2v) is 5.30. The van der Waals surface area contributed by atoms with Crippen molar-refractivity contribution < 1.29 is 0 Å². The Morgan fingerprint density at radius 3 is 2.88 bits per heavy atom. The Balaban J connectivity index is 2.21. The van der Waals surface area contributed by atoms with Gasteiger partial charge in [0, 0.05) is 30.6 Å². The first-order chi connectivity index (χ1) is 7.63. The maximum atomic E-state index is 4.27. The first-order valence-electron chi connectivity index (χ1n) is 5.94. The van der Waals surface area contributed by atoms with Gasteiger partial charge in [0.05, 0.1) is 11.2 Å². The summed E-state index contributed by atoms with van der Waals surface area (Å²) in [7, 11) is 2.16. The minimum Gasteiger partial charge on any atom is -0.313 e. The van der Waals surface area contributed by atoms with Crippen LogP contribution >= 0.6 is 11.3 Å². The minimum absolute atomic E-state index is 0.624. The average molecular weight is 241 g/mol. The van der Waals surface area contributed by atoms with Crippen LogP contribution in [0.1, 0.15) is 30.8 Å². The minimum atomic E-state index is 0.624. The summed E-state index contributed by atoms with van der Waals surface area (Å²) in [5, 5.41) is 3.50. The SMILES string of the molecule is CCC(C)NCCN(C)Cc1scnc1C. The lowest BCUT2D eigenvalue weighted by molar-refractivity contribution is 0.319. The summed E-state index contributed by atoms with van der Waals surface area (Å²) in [5.74, 6) is 0. The Kier molecular flexibility index (Phi) is 5.95. The number of likely N-dealkylation sites (N-methyl/N-ethyl adjacent to an activating group) is 1. The van der Waals surface area contributed by atoms with E-state index in [4.69, 9.17) is 0 Å². The van der Waals surface area contributed by atoms with Crippen LogP contribution in [0.4, 0.5) is 0 Å². The number of aromatic nitrogens is 1. The number of nitrogens with one attached hydrogen (secondary N) is 1. The van der Waals surface area contributed by atoms with Gasteiger partial charge in [0.15, 0.2) is 0 Å². The van der Waals surface area contributed by atoms with E-state index in [1.165, 1.54) is 17.0 Å². The molecule has 92 valence electrons. The van der Waals surface area contributed by atoms with Gasteiger partial charge in [-0.3, -0.25) is 4.90 Å². The molecule has 3 nitrogen and oxygen atoms in total. The molecule has 0 bridgehead atoms. The lowest BCUT2D eigenvalue weighted by Crippen LogP contribution is -2.33. The zero-order valence-corrected chi connectivity index (χ0v) is 11.6. The molecule has 4 heteroatoms. The lowest BCUT2D eigenvalue weighted by atomic mass is 10.2. The maximum absolute atomic E-state index is 4.27. The van der Waals surface area contributed by atoms with Gasteiger partial charge in [0.2, 0.25) is 0 Å². The lowest BCUT2D eigenvalue weighted by Gasteiger charge is -2.18. The van der Waals surface area contributed by atoms with Gasteiger partial charge in [-0.05, 0) is 27.3 Å². The molecule has 1 atom stereocenters. The quantitative estimate of drug-likeness (QED) is 0.794. The molecule has 1 rings (SSSR count). The van der Waals surface area contributed by atoms with Crippen LogP contribution in [0.2, 0.25) is 0 Å². The molecule has 0 spiro atoms. The molecule has 0 aliphatic heterocycles. The molecule has 1 aromatic rings. The van der Waals surface area contributed by atoms with Crippen LogP contribution in [0.25, 0.3) is 0 Å².